The van der Waals surface area contributed by atoms with Gasteiger partial charge in [0.1, 0.15) is 30.4 Å². The lowest BCUT2D eigenvalue weighted by Crippen LogP contribution is -2.30. The van der Waals surface area contributed by atoms with E-state index in [-0.39, 0.29) is 18.3 Å². The minimum absolute atomic E-state index is 0.0755. The number of methoxy groups -OCH3 is 1. The van der Waals surface area contributed by atoms with Crippen molar-refractivity contribution in [1.29, 1.82) is 0 Å². The lowest BCUT2D eigenvalue weighted by molar-refractivity contribution is -0.0806. The van der Waals surface area contributed by atoms with Gasteiger partial charge in [-0.3, -0.25) is 4.57 Å². The van der Waals surface area contributed by atoms with Crippen molar-refractivity contribution in [3.05, 3.63) is 34.9 Å². The Bertz CT molecular complexity index is 979. The second-order valence-electron chi connectivity index (χ2n) is 7.66. The number of hydrogen-bond acceptors (Lipinski definition) is 9. The van der Waals surface area contributed by atoms with E-state index in [4.69, 9.17) is 29.4 Å². The van der Waals surface area contributed by atoms with Gasteiger partial charge < -0.3 is 34.7 Å². The zero-order valence-electron chi connectivity index (χ0n) is 17.9. The average Bonchev–Trinajstić information content (AvgIpc) is 3.17. The summed E-state index contributed by atoms with van der Waals surface area (Å²) in [6.07, 6.45) is 1.20. The molecule has 3 heterocycles. The van der Waals surface area contributed by atoms with Gasteiger partial charge in [-0.2, -0.15) is 4.98 Å². The van der Waals surface area contributed by atoms with Crippen LogP contribution in [0.5, 0.6) is 17.2 Å². The fourth-order valence-corrected chi connectivity index (χ4v) is 3.62. The molecule has 3 atom stereocenters. The molecule has 2 aromatic rings. The summed E-state index contributed by atoms with van der Waals surface area (Å²) < 4.78 is 30.4. The van der Waals surface area contributed by atoms with Crippen molar-refractivity contribution in [2.45, 2.75) is 44.8 Å². The monoisotopic (exact) mass is 432 g/mol. The number of rotatable bonds is 8. The number of nitrogens with zero attached hydrogens (tertiary/aromatic N) is 2. The van der Waals surface area contributed by atoms with Gasteiger partial charge in [-0.15, -0.1) is 0 Å². The van der Waals surface area contributed by atoms with E-state index in [0.717, 1.165) is 0 Å². The van der Waals surface area contributed by atoms with Crippen LogP contribution in [0.4, 0.5) is 11.5 Å². The van der Waals surface area contributed by atoms with Crippen molar-refractivity contribution in [1.82, 2.24) is 9.55 Å². The highest BCUT2D eigenvalue weighted by atomic mass is 16.6. The van der Waals surface area contributed by atoms with Gasteiger partial charge in [0.2, 0.25) is 0 Å². The minimum atomic E-state index is -0.528. The molecule has 0 spiro atoms. The third-order valence-electron chi connectivity index (χ3n) is 5.13. The molecule has 0 aliphatic carbocycles. The molecule has 1 aromatic heterocycles. The average molecular weight is 432 g/mol. The molecule has 168 valence electrons. The fourth-order valence-electron chi connectivity index (χ4n) is 3.62. The third-order valence-corrected chi connectivity index (χ3v) is 5.13. The van der Waals surface area contributed by atoms with Crippen LogP contribution in [0.15, 0.2) is 29.2 Å². The maximum atomic E-state index is 12.8. The van der Waals surface area contributed by atoms with Gasteiger partial charge in [-0.05, 0) is 26.0 Å². The number of ether oxygens (including phenoxy) is 5. The molecule has 1 saturated heterocycles. The normalized spacial score (nSPS) is 21.9. The van der Waals surface area contributed by atoms with Gasteiger partial charge >= 0.3 is 5.69 Å². The Morgan fingerprint density at radius 1 is 1.35 bits per heavy atom. The molecule has 2 aliphatic heterocycles. The Morgan fingerprint density at radius 3 is 2.94 bits per heavy atom. The second kappa shape index (κ2) is 9.23. The predicted molar refractivity (Wildman–Crippen MR) is 113 cm³/mol. The number of anilines is 2. The molecule has 4 rings (SSSR count). The van der Waals surface area contributed by atoms with E-state index in [1.54, 1.807) is 19.4 Å². The first-order chi connectivity index (χ1) is 15.0. The first-order valence-electron chi connectivity index (χ1n) is 10.3. The van der Waals surface area contributed by atoms with E-state index >= 15 is 0 Å². The predicted octanol–water partition coefficient (Wildman–Crippen LogP) is 2.16. The minimum Gasteiger partial charge on any atom is -0.490 e. The van der Waals surface area contributed by atoms with Crippen LogP contribution in [0.1, 0.15) is 26.5 Å². The summed E-state index contributed by atoms with van der Waals surface area (Å²) in [4.78, 5) is 16.9. The summed E-state index contributed by atoms with van der Waals surface area (Å²) in [5.74, 6) is 1.88. The molecule has 1 fully saturated rings. The number of fused-ring (bicyclic) bond motifs is 2. The topological polar surface area (TPSA) is 119 Å². The maximum absolute atomic E-state index is 12.8. The van der Waals surface area contributed by atoms with E-state index in [1.807, 2.05) is 26.0 Å². The van der Waals surface area contributed by atoms with Crippen LogP contribution in [0.3, 0.4) is 0 Å². The van der Waals surface area contributed by atoms with Crippen molar-refractivity contribution < 1.29 is 23.7 Å². The van der Waals surface area contributed by atoms with Crippen molar-refractivity contribution in [3.8, 4) is 17.2 Å². The van der Waals surface area contributed by atoms with Gasteiger partial charge in [0.05, 0.1) is 25.0 Å². The Morgan fingerprint density at radius 2 is 2.19 bits per heavy atom. The van der Waals surface area contributed by atoms with Crippen molar-refractivity contribution in [2.24, 2.45) is 5.73 Å². The van der Waals surface area contributed by atoms with Crippen LogP contribution >= 0.6 is 0 Å². The Kier molecular flexibility index (Phi) is 6.42. The van der Waals surface area contributed by atoms with E-state index < -0.39 is 11.9 Å². The summed E-state index contributed by atoms with van der Waals surface area (Å²) in [5, 5.41) is 3.14. The SMILES string of the molecule is CO[C@@H]1C[C@H](n2cc3c(nc2=O)Nc2c(OCCN)cccc2O3)OC1COC(C)C. The molecule has 10 heteroatoms. The van der Waals surface area contributed by atoms with Crippen LogP contribution < -0.4 is 26.2 Å². The smallest absolute Gasteiger partial charge is 0.351 e. The molecule has 0 saturated carbocycles. The third kappa shape index (κ3) is 4.52. The second-order valence-corrected chi connectivity index (χ2v) is 7.66. The number of nitrogens with two attached hydrogens (primary N) is 1. The fraction of sp³-hybridized carbons (Fsp3) is 0.524. The lowest BCUT2D eigenvalue weighted by Gasteiger charge is -2.24. The van der Waals surface area contributed by atoms with E-state index in [0.29, 0.717) is 54.9 Å². The summed E-state index contributed by atoms with van der Waals surface area (Å²) in [6.45, 7) is 5.05. The molecule has 0 radical (unpaired) electrons. The first kappa shape index (κ1) is 21.6. The molecule has 1 aromatic carbocycles. The van der Waals surface area contributed by atoms with Crippen molar-refractivity contribution in [3.63, 3.8) is 0 Å². The quantitative estimate of drug-likeness (QED) is 0.552. The summed E-state index contributed by atoms with van der Waals surface area (Å²) in [5.41, 5.74) is 5.68. The first-order valence-corrected chi connectivity index (χ1v) is 10.3. The van der Waals surface area contributed by atoms with Gasteiger partial charge in [-0.1, -0.05) is 6.07 Å². The largest absolute Gasteiger partial charge is 0.490 e. The van der Waals surface area contributed by atoms with E-state index in [9.17, 15) is 4.79 Å². The van der Waals surface area contributed by atoms with Crippen LogP contribution in [0, 0.1) is 0 Å². The van der Waals surface area contributed by atoms with Gasteiger partial charge in [-0.25, -0.2) is 4.79 Å². The number of hydrogen-bond donors (Lipinski definition) is 2. The Labute approximate surface area is 180 Å². The van der Waals surface area contributed by atoms with Gasteiger partial charge in [0.15, 0.2) is 17.3 Å². The van der Waals surface area contributed by atoms with Gasteiger partial charge in [0, 0.05) is 20.1 Å². The molecule has 10 nitrogen and oxygen atoms in total. The Balaban J connectivity index is 1.56. The van der Waals surface area contributed by atoms with E-state index in [2.05, 4.69) is 10.3 Å². The number of para-hydroxylation sites is 1. The lowest BCUT2D eigenvalue weighted by atomic mass is 10.2. The van der Waals surface area contributed by atoms with Crippen LogP contribution in [-0.2, 0) is 14.2 Å². The summed E-state index contributed by atoms with van der Waals surface area (Å²) in [6, 6.07) is 5.43. The van der Waals surface area contributed by atoms with Crippen molar-refractivity contribution in [2.75, 3.05) is 32.2 Å². The van der Waals surface area contributed by atoms with Gasteiger partial charge in [0.25, 0.3) is 0 Å². The number of benzene rings is 1. The maximum Gasteiger partial charge on any atom is 0.351 e. The number of aromatic nitrogens is 2. The molecular formula is C21H28N4O6. The number of nitrogens with one attached hydrogen (secondary N) is 1. The van der Waals surface area contributed by atoms with Crippen LogP contribution in [0.2, 0.25) is 0 Å². The highest BCUT2D eigenvalue weighted by molar-refractivity contribution is 5.77. The molecular weight excluding hydrogens is 404 g/mol. The summed E-state index contributed by atoms with van der Waals surface area (Å²) >= 11 is 0. The molecule has 2 aliphatic rings. The highest BCUT2D eigenvalue weighted by Gasteiger charge is 2.38. The van der Waals surface area contributed by atoms with Crippen LogP contribution in [-0.4, -0.2) is 54.7 Å². The molecule has 31 heavy (non-hydrogen) atoms. The van der Waals surface area contributed by atoms with Crippen LogP contribution in [0.25, 0.3) is 0 Å². The molecule has 0 bridgehead atoms. The summed E-state index contributed by atoms with van der Waals surface area (Å²) in [7, 11) is 1.63. The Hall–Kier alpha value is -2.66. The van der Waals surface area contributed by atoms with Crippen molar-refractivity contribution >= 4 is 11.5 Å². The molecule has 3 N–H and O–H groups in total. The molecule has 1 unspecified atom stereocenters. The zero-order chi connectivity index (χ0) is 22.0. The zero-order valence-corrected chi connectivity index (χ0v) is 17.9. The highest BCUT2D eigenvalue weighted by Crippen LogP contribution is 2.45. The standard InChI is InChI=1S/C21H28N4O6/c1-12(2)29-11-17-15(27-3)9-18(31-17)25-10-16-20(24-21(25)26)23-19-13(28-8-7-22)5-4-6-14(19)30-16/h4-6,10,12,15,17-18H,7-9,11,22H2,1-3H3,(H,23,24,26)/t15-,17?,18-/m1/s1. The molecule has 0 amide bonds. The van der Waals surface area contributed by atoms with E-state index in [1.165, 1.54) is 4.57 Å².